The maximum absolute atomic E-state index is 11.7. The van der Waals surface area contributed by atoms with Gasteiger partial charge >= 0.3 is 0 Å². The van der Waals surface area contributed by atoms with E-state index in [4.69, 9.17) is 5.73 Å². The first-order chi connectivity index (χ1) is 10.1. The largest absolute Gasteiger partial charge is 0.368 e. The number of nitrogen functional groups attached to an aromatic ring is 1. The average molecular weight is 290 g/mol. The van der Waals surface area contributed by atoms with Gasteiger partial charge in [-0.15, -0.1) is 0 Å². The minimum absolute atomic E-state index is 0.0832. The van der Waals surface area contributed by atoms with E-state index < -0.39 is 0 Å². The summed E-state index contributed by atoms with van der Waals surface area (Å²) in [7, 11) is 0. The SMILES string of the molecule is CCNC(=O)CN(CC)c1nc(N)nc(-n2cccn2)n1. The highest BCUT2D eigenvalue weighted by molar-refractivity contribution is 5.80. The summed E-state index contributed by atoms with van der Waals surface area (Å²) in [5.74, 6) is 0.650. The van der Waals surface area contributed by atoms with Crippen LogP contribution in [0.4, 0.5) is 11.9 Å². The molecule has 9 heteroatoms. The molecule has 9 nitrogen and oxygen atoms in total. The lowest BCUT2D eigenvalue weighted by molar-refractivity contribution is -0.119. The highest BCUT2D eigenvalue weighted by atomic mass is 16.2. The van der Waals surface area contributed by atoms with Crippen molar-refractivity contribution in [3.8, 4) is 5.95 Å². The van der Waals surface area contributed by atoms with Crippen LogP contribution in [-0.2, 0) is 4.79 Å². The maximum atomic E-state index is 11.7. The summed E-state index contributed by atoms with van der Waals surface area (Å²) in [6.07, 6.45) is 3.32. The number of likely N-dealkylation sites (N-methyl/N-ethyl adjacent to an activating group) is 2. The van der Waals surface area contributed by atoms with Gasteiger partial charge in [-0.05, 0) is 19.9 Å². The molecule has 0 atom stereocenters. The Morgan fingerprint density at radius 3 is 2.81 bits per heavy atom. The lowest BCUT2D eigenvalue weighted by Crippen LogP contribution is -2.38. The van der Waals surface area contributed by atoms with Gasteiger partial charge in [0.2, 0.25) is 17.8 Å². The van der Waals surface area contributed by atoms with Gasteiger partial charge in [0.05, 0.1) is 6.54 Å². The summed E-state index contributed by atoms with van der Waals surface area (Å²) in [6.45, 7) is 5.08. The van der Waals surface area contributed by atoms with Crippen LogP contribution < -0.4 is 16.0 Å². The number of hydrogen-bond donors (Lipinski definition) is 2. The summed E-state index contributed by atoms with van der Waals surface area (Å²) in [6, 6.07) is 1.76. The lowest BCUT2D eigenvalue weighted by atomic mass is 10.4. The molecule has 0 fully saturated rings. The van der Waals surface area contributed by atoms with Gasteiger partial charge in [-0.25, -0.2) is 4.68 Å². The summed E-state index contributed by atoms with van der Waals surface area (Å²) < 4.78 is 1.49. The molecule has 2 rings (SSSR count). The highest BCUT2D eigenvalue weighted by Gasteiger charge is 2.15. The number of carbonyl (C=O) groups excluding carboxylic acids is 1. The Morgan fingerprint density at radius 1 is 1.38 bits per heavy atom. The van der Waals surface area contributed by atoms with Crippen molar-refractivity contribution in [2.24, 2.45) is 0 Å². The average Bonchev–Trinajstić information content (AvgIpc) is 2.98. The summed E-state index contributed by atoms with van der Waals surface area (Å²) in [5, 5.41) is 6.79. The third-order valence-electron chi connectivity index (χ3n) is 2.71. The Bertz CT molecular complexity index is 597. The molecule has 0 spiro atoms. The molecule has 21 heavy (non-hydrogen) atoms. The Labute approximate surface area is 122 Å². The summed E-state index contributed by atoms with van der Waals surface area (Å²) >= 11 is 0. The molecule has 0 aromatic carbocycles. The van der Waals surface area contributed by atoms with E-state index in [1.54, 1.807) is 23.4 Å². The Balaban J connectivity index is 2.27. The van der Waals surface area contributed by atoms with Crippen LogP contribution in [0.25, 0.3) is 5.95 Å². The molecular weight excluding hydrogens is 272 g/mol. The van der Waals surface area contributed by atoms with Gasteiger partial charge in [-0.3, -0.25) is 4.79 Å². The van der Waals surface area contributed by atoms with Crippen LogP contribution in [0.5, 0.6) is 0 Å². The van der Waals surface area contributed by atoms with Crippen LogP contribution in [0.3, 0.4) is 0 Å². The number of aromatic nitrogens is 5. The standard InChI is InChI=1S/C12H18N8O/c1-3-14-9(21)8-19(4-2)11-16-10(13)17-12(18-11)20-7-5-6-15-20/h5-7H,3-4,8H2,1-2H3,(H,14,21)(H2,13,16,17,18). The number of amides is 1. The second-order valence-corrected chi connectivity index (χ2v) is 4.21. The predicted octanol–water partition coefficient (Wildman–Crippen LogP) is -0.398. The topological polar surface area (TPSA) is 115 Å². The van der Waals surface area contributed by atoms with Crippen molar-refractivity contribution in [2.45, 2.75) is 13.8 Å². The van der Waals surface area contributed by atoms with Crippen molar-refractivity contribution in [1.82, 2.24) is 30.0 Å². The van der Waals surface area contributed by atoms with Crippen molar-refractivity contribution < 1.29 is 4.79 Å². The zero-order chi connectivity index (χ0) is 15.2. The van der Waals surface area contributed by atoms with Crippen LogP contribution in [0, 0.1) is 0 Å². The third kappa shape index (κ3) is 3.65. The zero-order valence-corrected chi connectivity index (χ0v) is 12.0. The van der Waals surface area contributed by atoms with Gasteiger partial charge in [0.15, 0.2) is 0 Å². The monoisotopic (exact) mass is 290 g/mol. The summed E-state index contributed by atoms with van der Waals surface area (Å²) in [5.41, 5.74) is 5.72. The number of hydrogen-bond acceptors (Lipinski definition) is 7. The van der Waals surface area contributed by atoms with Crippen LogP contribution in [0.1, 0.15) is 13.8 Å². The van der Waals surface area contributed by atoms with Crippen molar-refractivity contribution >= 4 is 17.8 Å². The molecule has 1 amide bonds. The number of anilines is 2. The lowest BCUT2D eigenvalue weighted by Gasteiger charge is -2.20. The van der Waals surface area contributed by atoms with Crippen LogP contribution in [0.2, 0.25) is 0 Å². The quantitative estimate of drug-likeness (QED) is 0.744. The van der Waals surface area contributed by atoms with E-state index in [0.29, 0.717) is 25.0 Å². The first kappa shape index (κ1) is 14.7. The second kappa shape index (κ2) is 6.64. The van der Waals surface area contributed by atoms with Gasteiger partial charge in [0.1, 0.15) is 0 Å². The predicted molar refractivity (Wildman–Crippen MR) is 77.9 cm³/mol. The van der Waals surface area contributed by atoms with Gasteiger partial charge in [-0.2, -0.15) is 20.1 Å². The number of nitrogens with two attached hydrogens (primary N) is 1. The molecule has 0 unspecified atom stereocenters. The Morgan fingerprint density at radius 2 is 2.19 bits per heavy atom. The maximum Gasteiger partial charge on any atom is 0.257 e. The van der Waals surface area contributed by atoms with E-state index in [9.17, 15) is 4.79 Å². The number of rotatable bonds is 6. The van der Waals surface area contributed by atoms with Crippen LogP contribution in [-0.4, -0.2) is 50.3 Å². The van der Waals surface area contributed by atoms with E-state index in [1.807, 2.05) is 13.8 Å². The Hall–Kier alpha value is -2.71. The van der Waals surface area contributed by atoms with Crippen molar-refractivity contribution in [3.63, 3.8) is 0 Å². The highest BCUT2D eigenvalue weighted by Crippen LogP contribution is 2.11. The van der Waals surface area contributed by atoms with E-state index in [1.165, 1.54) is 4.68 Å². The van der Waals surface area contributed by atoms with Crippen molar-refractivity contribution in [3.05, 3.63) is 18.5 Å². The third-order valence-corrected chi connectivity index (χ3v) is 2.71. The minimum Gasteiger partial charge on any atom is -0.368 e. The number of carbonyl (C=O) groups is 1. The van der Waals surface area contributed by atoms with Crippen molar-refractivity contribution in [1.29, 1.82) is 0 Å². The molecule has 0 aliphatic carbocycles. The van der Waals surface area contributed by atoms with Crippen LogP contribution >= 0.6 is 0 Å². The fourth-order valence-corrected chi connectivity index (χ4v) is 1.75. The van der Waals surface area contributed by atoms with Crippen LogP contribution in [0.15, 0.2) is 18.5 Å². The molecule has 112 valence electrons. The zero-order valence-electron chi connectivity index (χ0n) is 12.0. The molecule has 2 aromatic rings. The van der Waals surface area contributed by atoms with Crippen molar-refractivity contribution in [2.75, 3.05) is 30.3 Å². The first-order valence-electron chi connectivity index (χ1n) is 6.67. The van der Waals surface area contributed by atoms with E-state index in [2.05, 4.69) is 25.4 Å². The molecule has 2 heterocycles. The molecule has 0 bridgehead atoms. The van der Waals surface area contributed by atoms with Gasteiger partial charge in [0, 0.05) is 25.5 Å². The van der Waals surface area contributed by atoms with E-state index >= 15 is 0 Å². The molecule has 3 N–H and O–H groups in total. The normalized spacial score (nSPS) is 10.4. The molecule has 0 aliphatic rings. The van der Waals surface area contributed by atoms with E-state index in [0.717, 1.165) is 0 Å². The van der Waals surface area contributed by atoms with Gasteiger partial charge in [-0.1, -0.05) is 0 Å². The minimum atomic E-state index is -0.0982. The smallest absolute Gasteiger partial charge is 0.257 e. The number of nitrogens with one attached hydrogen (secondary N) is 1. The Kier molecular flexibility index (Phi) is 4.64. The molecule has 0 saturated heterocycles. The fourth-order valence-electron chi connectivity index (χ4n) is 1.75. The van der Waals surface area contributed by atoms with Gasteiger partial charge < -0.3 is 16.0 Å². The molecular formula is C12H18N8O. The fraction of sp³-hybridized carbons (Fsp3) is 0.417. The second-order valence-electron chi connectivity index (χ2n) is 4.21. The molecule has 0 radical (unpaired) electrons. The van der Waals surface area contributed by atoms with E-state index in [-0.39, 0.29) is 18.4 Å². The molecule has 0 aliphatic heterocycles. The molecule has 2 aromatic heterocycles. The first-order valence-corrected chi connectivity index (χ1v) is 6.67. The number of nitrogens with zero attached hydrogens (tertiary/aromatic N) is 6. The van der Waals surface area contributed by atoms with Gasteiger partial charge in [0.25, 0.3) is 5.95 Å². The molecule has 0 saturated carbocycles. The summed E-state index contributed by atoms with van der Waals surface area (Å²) in [4.78, 5) is 25.9.